The predicted molar refractivity (Wildman–Crippen MR) is 74.1 cm³/mol. The Kier molecular flexibility index (Phi) is 5.08. The van der Waals surface area contributed by atoms with Crippen LogP contribution in [0, 0.1) is 10.1 Å². The minimum Gasteiger partial charge on any atom is -0.393 e. The Morgan fingerprint density at radius 1 is 1.56 bits per heavy atom. The molecule has 0 fully saturated rings. The van der Waals surface area contributed by atoms with Crippen molar-refractivity contribution < 1.29 is 9.13 Å². The highest BCUT2D eigenvalue weighted by atomic mass is 32.2. The van der Waals surface area contributed by atoms with Gasteiger partial charge in [-0.3, -0.25) is 14.3 Å². The molecule has 6 nitrogen and oxygen atoms in total. The second-order valence-corrected chi connectivity index (χ2v) is 5.67. The molecule has 3 N–H and O–H groups in total. The maximum Gasteiger partial charge on any atom is 0.314 e. The zero-order valence-corrected chi connectivity index (χ0v) is 11.2. The second-order valence-electron chi connectivity index (χ2n) is 4.11. The van der Waals surface area contributed by atoms with Crippen molar-refractivity contribution >= 4 is 27.9 Å². The Labute approximate surface area is 108 Å². The summed E-state index contributed by atoms with van der Waals surface area (Å²) in [5.74, 6) is 0.560. The van der Waals surface area contributed by atoms with Crippen molar-refractivity contribution in [2.24, 2.45) is 0 Å². The quantitative estimate of drug-likeness (QED) is 0.466. The van der Waals surface area contributed by atoms with Crippen LogP contribution < -0.4 is 11.1 Å². The van der Waals surface area contributed by atoms with Crippen LogP contribution in [0.3, 0.4) is 0 Å². The summed E-state index contributed by atoms with van der Waals surface area (Å²) >= 11 is 0. The topological polar surface area (TPSA) is 98.3 Å². The molecule has 2 atom stereocenters. The molecule has 0 radical (unpaired) electrons. The fraction of sp³-hybridized carbons (Fsp3) is 0.455. The van der Waals surface area contributed by atoms with Gasteiger partial charge in [-0.1, -0.05) is 6.07 Å². The first-order chi connectivity index (χ1) is 8.41. The number of nitrogens with zero attached hydrogens (tertiary/aromatic N) is 1. The van der Waals surface area contributed by atoms with E-state index in [2.05, 4.69) is 5.32 Å². The first kappa shape index (κ1) is 14.4. The smallest absolute Gasteiger partial charge is 0.314 e. The largest absolute Gasteiger partial charge is 0.393 e. The minimum atomic E-state index is -0.861. The van der Waals surface area contributed by atoms with Crippen LogP contribution >= 0.6 is 0 Å². The van der Waals surface area contributed by atoms with Gasteiger partial charge in [0.2, 0.25) is 0 Å². The number of nitrogens with two attached hydrogens (primary N) is 1. The van der Waals surface area contributed by atoms with Crippen LogP contribution in [-0.4, -0.2) is 27.2 Å². The molecule has 0 aliphatic carbocycles. The maximum absolute atomic E-state index is 11.0. The van der Waals surface area contributed by atoms with Gasteiger partial charge in [-0.25, -0.2) is 0 Å². The Morgan fingerprint density at radius 3 is 2.78 bits per heavy atom. The lowest BCUT2D eigenvalue weighted by molar-refractivity contribution is -0.383. The van der Waals surface area contributed by atoms with Crippen molar-refractivity contribution in [1.82, 2.24) is 0 Å². The first-order valence-electron chi connectivity index (χ1n) is 5.51. The molecule has 0 heterocycles. The molecule has 2 unspecified atom stereocenters. The molecule has 0 bridgehead atoms. The third-order valence-electron chi connectivity index (χ3n) is 2.49. The molecule has 0 aromatic heterocycles. The van der Waals surface area contributed by atoms with E-state index in [1.807, 2.05) is 6.92 Å². The summed E-state index contributed by atoms with van der Waals surface area (Å²) in [6.45, 7) is 1.89. The average molecular weight is 271 g/mol. The fourth-order valence-electron chi connectivity index (χ4n) is 1.56. The molecule has 0 aliphatic heterocycles. The normalized spacial score (nSPS) is 13.9. The van der Waals surface area contributed by atoms with E-state index in [4.69, 9.17) is 5.73 Å². The van der Waals surface area contributed by atoms with Gasteiger partial charge in [-0.15, -0.1) is 0 Å². The van der Waals surface area contributed by atoms with Crippen LogP contribution in [0.15, 0.2) is 18.2 Å². The lowest BCUT2D eigenvalue weighted by atomic mass is 10.2. The summed E-state index contributed by atoms with van der Waals surface area (Å²) < 4.78 is 11.0. The summed E-state index contributed by atoms with van der Waals surface area (Å²) in [6.07, 6.45) is 2.31. The predicted octanol–water partition coefficient (Wildman–Crippen LogP) is 1.75. The standard InChI is InChI=1S/C11H17N3O3S/c1-8(6-7-18(2)17)13-10-5-3-4-9(12)11(10)14(15)16/h3-5,8,13H,6-7,12H2,1-2H3. The van der Waals surface area contributed by atoms with Crippen molar-refractivity contribution in [3.63, 3.8) is 0 Å². The first-order valence-corrected chi connectivity index (χ1v) is 7.24. The van der Waals surface area contributed by atoms with E-state index in [-0.39, 0.29) is 17.4 Å². The average Bonchev–Trinajstić information content (AvgIpc) is 2.26. The summed E-state index contributed by atoms with van der Waals surface area (Å²) in [5, 5.41) is 14.0. The van der Waals surface area contributed by atoms with Crippen molar-refractivity contribution in [2.75, 3.05) is 23.1 Å². The molecule has 1 aromatic carbocycles. The molecule has 1 rings (SSSR count). The summed E-state index contributed by atoms with van der Waals surface area (Å²) in [4.78, 5) is 10.4. The van der Waals surface area contributed by atoms with Crippen LogP contribution in [0.4, 0.5) is 17.1 Å². The van der Waals surface area contributed by atoms with Gasteiger partial charge in [0.15, 0.2) is 0 Å². The zero-order valence-electron chi connectivity index (χ0n) is 10.4. The van der Waals surface area contributed by atoms with Gasteiger partial charge >= 0.3 is 5.69 Å². The molecule has 7 heteroatoms. The summed E-state index contributed by atoms with van der Waals surface area (Å²) in [7, 11) is -0.861. The van der Waals surface area contributed by atoms with Crippen LogP contribution in [0.25, 0.3) is 0 Å². The molecule has 100 valence electrons. The van der Waals surface area contributed by atoms with Crippen LogP contribution in [0.2, 0.25) is 0 Å². The molecule has 18 heavy (non-hydrogen) atoms. The molecule has 0 saturated heterocycles. The highest BCUT2D eigenvalue weighted by molar-refractivity contribution is 7.84. The van der Waals surface area contributed by atoms with Crippen LogP contribution in [0.5, 0.6) is 0 Å². The zero-order chi connectivity index (χ0) is 13.7. The Balaban J connectivity index is 2.81. The van der Waals surface area contributed by atoms with Crippen molar-refractivity contribution in [3.8, 4) is 0 Å². The number of hydrogen-bond acceptors (Lipinski definition) is 5. The highest BCUT2D eigenvalue weighted by Gasteiger charge is 2.18. The number of benzene rings is 1. The van der Waals surface area contributed by atoms with Gasteiger partial charge in [0, 0.05) is 28.9 Å². The van der Waals surface area contributed by atoms with E-state index in [1.54, 1.807) is 18.4 Å². The number of hydrogen-bond donors (Lipinski definition) is 2. The number of rotatable bonds is 6. The molecular weight excluding hydrogens is 254 g/mol. The number of nitro benzene ring substituents is 1. The van der Waals surface area contributed by atoms with E-state index in [0.717, 1.165) is 0 Å². The maximum atomic E-state index is 11.0. The lowest BCUT2D eigenvalue weighted by Crippen LogP contribution is -2.18. The van der Waals surface area contributed by atoms with Crippen LogP contribution in [0.1, 0.15) is 13.3 Å². The van der Waals surface area contributed by atoms with E-state index < -0.39 is 15.7 Å². The van der Waals surface area contributed by atoms with E-state index >= 15 is 0 Å². The van der Waals surface area contributed by atoms with Gasteiger partial charge in [0.25, 0.3) is 0 Å². The third-order valence-corrected chi connectivity index (χ3v) is 3.30. The van der Waals surface area contributed by atoms with Crippen LogP contribution in [-0.2, 0) is 10.8 Å². The molecule has 1 aromatic rings. The Bertz CT molecular complexity index is 465. The molecule has 0 spiro atoms. The van der Waals surface area contributed by atoms with Crippen molar-refractivity contribution in [1.29, 1.82) is 0 Å². The van der Waals surface area contributed by atoms with Gasteiger partial charge in [0.1, 0.15) is 11.4 Å². The van der Waals surface area contributed by atoms with Gasteiger partial charge < -0.3 is 11.1 Å². The minimum absolute atomic E-state index is 0.00519. The third kappa shape index (κ3) is 3.99. The van der Waals surface area contributed by atoms with Gasteiger partial charge in [-0.2, -0.15) is 0 Å². The van der Waals surface area contributed by atoms with Gasteiger partial charge in [-0.05, 0) is 25.5 Å². The van der Waals surface area contributed by atoms with E-state index in [1.165, 1.54) is 6.07 Å². The van der Waals surface area contributed by atoms with Crippen molar-refractivity contribution in [2.45, 2.75) is 19.4 Å². The molecule has 0 saturated carbocycles. The monoisotopic (exact) mass is 271 g/mol. The number of anilines is 2. The fourth-order valence-corrected chi connectivity index (χ4v) is 2.25. The van der Waals surface area contributed by atoms with E-state index in [9.17, 15) is 14.3 Å². The molecule has 0 aliphatic rings. The summed E-state index contributed by atoms with van der Waals surface area (Å²) in [6, 6.07) is 4.77. The Hall–Kier alpha value is -1.63. The number of nitro groups is 1. The number of para-hydroxylation sites is 1. The Morgan fingerprint density at radius 2 is 2.22 bits per heavy atom. The number of nitrogens with one attached hydrogen (secondary N) is 1. The highest BCUT2D eigenvalue weighted by Crippen LogP contribution is 2.31. The molecule has 0 amide bonds. The van der Waals surface area contributed by atoms with E-state index in [0.29, 0.717) is 17.9 Å². The van der Waals surface area contributed by atoms with Crippen molar-refractivity contribution in [3.05, 3.63) is 28.3 Å². The SMILES string of the molecule is CC(CCS(C)=O)Nc1cccc(N)c1[N+](=O)[O-]. The number of nitrogen functional groups attached to an aromatic ring is 1. The second kappa shape index (κ2) is 6.34. The van der Waals surface area contributed by atoms with Gasteiger partial charge in [0.05, 0.1) is 4.92 Å². The summed E-state index contributed by atoms with van der Waals surface area (Å²) in [5.41, 5.74) is 6.01. The molecular formula is C11H17N3O3S. The lowest BCUT2D eigenvalue weighted by Gasteiger charge is -2.15.